The van der Waals surface area contributed by atoms with Gasteiger partial charge in [-0.15, -0.1) is 0 Å². The molecule has 0 radical (unpaired) electrons. The summed E-state index contributed by atoms with van der Waals surface area (Å²) in [6.07, 6.45) is 1.79. The summed E-state index contributed by atoms with van der Waals surface area (Å²) in [6, 6.07) is 3.52. The number of carbonyl (C=O) groups is 1. The number of aryl methyl sites for hydroxylation is 3. The quantitative estimate of drug-likeness (QED) is 0.903. The minimum atomic E-state index is -0.183. The van der Waals surface area contributed by atoms with Crippen LogP contribution in [0.15, 0.2) is 21.5 Å². The Morgan fingerprint density at radius 3 is 2.88 bits per heavy atom. The van der Waals surface area contributed by atoms with E-state index < -0.39 is 0 Å². The van der Waals surface area contributed by atoms with E-state index in [1.165, 1.54) is 0 Å². The number of nitrogens with zero attached hydrogens (tertiary/aromatic N) is 2. The molecule has 3 rings (SSSR count). The minimum absolute atomic E-state index is 0.0696. The first-order valence-electron chi connectivity index (χ1n) is 8.13. The summed E-state index contributed by atoms with van der Waals surface area (Å²) in [5.41, 5.74) is 2.90. The Balaban J connectivity index is 1.70. The van der Waals surface area contributed by atoms with Gasteiger partial charge in [-0.25, -0.2) is 4.79 Å². The normalized spacial score (nSPS) is 17.3. The predicted molar refractivity (Wildman–Crippen MR) is 88.7 cm³/mol. The van der Waals surface area contributed by atoms with E-state index in [9.17, 15) is 9.59 Å². The van der Waals surface area contributed by atoms with Crippen LogP contribution >= 0.6 is 0 Å². The fourth-order valence-electron chi connectivity index (χ4n) is 3.23. The van der Waals surface area contributed by atoms with Gasteiger partial charge in [-0.05, 0) is 45.2 Å². The smallest absolute Gasteiger partial charge is 0.318 e. The monoisotopic (exact) mass is 330 g/mol. The lowest BCUT2D eigenvalue weighted by Crippen LogP contribution is -2.40. The van der Waals surface area contributed by atoms with E-state index in [4.69, 9.17) is 4.52 Å². The summed E-state index contributed by atoms with van der Waals surface area (Å²) in [5.74, 6) is 0.735. The van der Waals surface area contributed by atoms with Crippen LogP contribution in [0.5, 0.6) is 0 Å². The third-order valence-electron chi connectivity index (χ3n) is 4.41. The van der Waals surface area contributed by atoms with Gasteiger partial charge in [-0.2, -0.15) is 0 Å². The number of rotatable bonds is 3. The highest BCUT2D eigenvalue weighted by Crippen LogP contribution is 2.31. The van der Waals surface area contributed by atoms with Crippen molar-refractivity contribution < 1.29 is 9.32 Å². The lowest BCUT2D eigenvalue weighted by Gasteiger charge is -2.23. The van der Waals surface area contributed by atoms with Gasteiger partial charge in [0.2, 0.25) is 0 Å². The number of amides is 2. The number of hydrogen-bond donors (Lipinski definition) is 2. The molecule has 2 N–H and O–H groups in total. The number of urea groups is 1. The number of aromatic amines is 1. The first-order chi connectivity index (χ1) is 11.5. The second-order valence-corrected chi connectivity index (χ2v) is 6.32. The van der Waals surface area contributed by atoms with Crippen LogP contribution in [-0.2, 0) is 6.54 Å². The van der Waals surface area contributed by atoms with Crippen LogP contribution in [0.1, 0.15) is 47.2 Å². The molecule has 1 aliphatic rings. The van der Waals surface area contributed by atoms with Gasteiger partial charge in [-0.1, -0.05) is 5.16 Å². The van der Waals surface area contributed by atoms with Crippen LogP contribution in [-0.4, -0.2) is 27.6 Å². The van der Waals surface area contributed by atoms with Gasteiger partial charge in [0.05, 0.1) is 12.6 Å². The molecule has 24 heavy (non-hydrogen) atoms. The van der Waals surface area contributed by atoms with Gasteiger partial charge in [0.25, 0.3) is 5.56 Å². The van der Waals surface area contributed by atoms with Crippen LogP contribution in [0.25, 0.3) is 0 Å². The van der Waals surface area contributed by atoms with Crippen molar-refractivity contribution in [2.75, 3.05) is 6.54 Å². The van der Waals surface area contributed by atoms with Crippen molar-refractivity contribution in [3.8, 4) is 0 Å². The number of likely N-dealkylation sites (tertiary alicyclic amines) is 1. The topological polar surface area (TPSA) is 91.2 Å². The first-order valence-corrected chi connectivity index (χ1v) is 8.13. The molecule has 0 aliphatic carbocycles. The van der Waals surface area contributed by atoms with Crippen LogP contribution < -0.4 is 10.9 Å². The highest BCUT2D eigenvalue weighted by molar-refractivity contribution is 5.75. The summed E-state index contributed by atoms with van der Waals surface area (Å²) in [6.45, 7) is 6.43. The molecule has 1 fully saturated rings. The molecule has 7 heteroatoms. The Morgan fingerprint density at radius 2 is 2.21 bits per heavy atom. The summed E-state index contributed by atoms with van der Waals surface area (Å²) in [4.78, 5) is 29.1. The molecule has 0 bridgehead atoms. The van der Waals surface area contributed by atoms with Crippen LogP contribution in [0.4, 0.5) is 4.79 Å². The van der Waals surface area contributed by atoms with Gasteiger partial charge >= 0.3 is 6.03 Å². The third kappa shape index (κ3) is 3.20. The van der Waals surface area contributed by atoms with Gasteiger partial charge in [-0.3, -0.25) is 4.79 Å². The van der Waals surface area contributed by atoms with Crippen molar-refractivity contribution in [1.29, 1.82) is 0 Å². The number of aromatic nitrogens is 2. The Bertz CT molecular complexity index is 808. The maximum Gasteiger partial charge on any atom is 0.318 e. The highest BCUT2D eigenvalue weighted by Gasteiger charge is 2.32. The van der Waals surface area contributed by atoms with E-state index in [0.717, 1.165) is 35.6 Å². The molecule has 128 valence electrons. The molecular weight excluding hydrogens is 308 g/mol. The molecule has 2 amide bonds. The summed E-state index contributed by atoms with van der Waals surface area (Å²) in [7, 11) is 0. The van der Waals surface area contributed by atoms with Gasteiger partial charge in [0.15, 0.2) is 0 Å². The lowest BCUT2D eigenvalue weighted by atomic mass is 10.1. The molecular formula is C17H22N4O3. The van der Waals surface area contributed by atoms with Gasteiger partial charge in [0, 0.05) is 23.9 Å². The van der Waals surface area contributed by atoms with Gasteiger partial charge in [0.1, 0.15) is 11.5 Å². The molecule has 0 unspecified atom stereocenters. The van der Waals surface area contributed by atoms with E-state index in [1.54, 1.807) is 4.90 Å². The maximum absolute atomic E-state index is 12.5. The summed E-state index contributed by atoms with van der Waals surface area (Å²) in [5, 5.41) is 6.89. The molecule has 2 aromatic heterocycles. The zero-order valence-electron chi connectivity index (χ0n) is 14.2. The third-order valence-corrected chi connectivity index (χ3v) is 4.41. The fourth-order valence-corrected chi connectivity index (χ4v) is 3.23. The van der Waals surface area contributed by atoms with Crippen molar-refractivity contribution in [2.24, 2.45) is 0 Å². The van der Waals surface area contributed by atoms with Crippen molar-refractivity contribution in [3.05, 3.63) is 50.8 Å². The Morgan fingerprint density at radius 1 is 1.42 bits per heavy atom. The molecule has 1 saturated heterocycles. The maximum atomic E-state index is 12.5. The van der Waals surface area contributed by atoms with E-state index >= 15 is 0 Å². The average Bonchev–Trinajstić information content (AvgIpc) is 3.14. The minimum Gasteiger partial charge on any atom is -0.361 e. The zero-order chi connectivity index (χ0) is 17.3. The molecule has 0 aromatic carbocycles. The van der Waals surface area contributed by atoms with Crippen molar-refractivity contribution in [3.63, 3.8) is 0 Å². The van der Waals surface area contributed by atoms with E-state index in [-0.39, 0.29) is 24.2 Å². The number of pyridine rings is 1. The fraction of sp³-hybridized carbons (Fsp3) is 0.471. The van der Waals surface area contributed by atoms with E-state index in [1.807, 2.05) is 32.9 Å². The van der Waals surface area contributed by atoms with Gasteiger partial charge < -0.3 is 19.7 Å². The second-order valence-electron chi connectivity index (χ2n) is 6.32. The van der Waals surface area contributed by atoms with Crippen LogP contribution in [0.3, 0.4) is 0 Å². The van der Waals surface area contributed by atoms with Crippen LogP contribution in [0, 0.1) is 20.8 Å². The predicted octanol–water partition coefficient (Wildman–Crippen LogP) is 2.33. The van der Waals surface area contributed by atoms with Crippen LogP contribution in [0.2, 0.25) is 0 Å². The standard InChI is InChI=1S/C17H22N4O3/c1-10-7-11(2)19-16(22)13(10)9-18-17(23)21-6-4-5-15(21)14-8-12(3)24-20-14/h7-8,15H,4-6,9H2,1-3H3,(H,18,23)(H,19,22)/t15-/m1/s1. The highest BCUT2D eigenvalue weighted by atomic mass is 16.5. The van der Waals surface area contributed by atoms with Crippen molar-refractivity contribution >= 4 is 6.03 Å². The number of hydrogen-bond acceptors (Lipinski definition) is 4. The summed E-state index contributed by atoms with van der Waals surface area (Å²) < 4.78 is 5.12. The summed E-state index contributed by atoms with van der Waals surface area (Å²) >= 11 is 0. The molecule has 3 heterocycles. The average molecular weight is 330 g/mol. The largest absolute Gasteiger partial charge is 0.361 e. The SMILES string of the molecule is Cc1cc(C)c(CNC(=O)N2CCC[C@@H]2c2cc(C)on2)c(=O)[nH]1. The molecule has 1 atom stereocenters. The lowest BCUT2D eigenvalue weighted by molar-refractivity contribution is 0.190. The van der Waals surface area contributed by atoms with Crippen molar-refractivity contribution in [1.82, 2.24) is 20.4 Å². The number of nitrogens with one attached hydrogen (secondary N) is 2. The zero-order valence-corrected chi connectivity index (χ0v) is 14.2. The number of carbonyl (C=O) groups excluding carboxylic acids is 1. The second kappa shape index (κ2) is 6.51. The Kier molecular flexibility index (Phi) is 4.42. The first kappa shape index (κ1) is 16.3. The van der Waals surface area contributed by atoms with E-state index in [0.29, 0.717) is 12.1 Å². The van der Waals surface area contributed by atoms with Crippen molar-refractivity contribution in [2.45, 2.75) is 46.2 Å². The Hall–Kier alpha value is -2.57. The van der Waals surface area contributed by atoms with E-state index in [2.05, 4.69) is 15.5 Å². The molecule has 1 aliphatic heterocycles. The molecule has 7 nitrogen and oxygen atoms in total. The molecule has 0 spiro atoms. The molecule has 2 aromatic rings. The molecule has 0 saturated carbocycles. The Labute approximate surface area is 140 Å². The number of H-pyrrole nitrogens is 1.